The summed E-state index contributed by atoms with van der Waals surface area (Å²) in [7, 11) is 0. The summed E-state index contributed by atoms with van der Waals surface area (Å²) >= 11 is 0. The van der Waals surface area contributed by atoms with Crippen LogP contribution in [0.4, 0.5) is 13.2 Å². The molecule has 1 aliphatic carbocycles. The molecule has 100 valence electrons. The largest absolute Gasteiger partial charge is 0.389 e. The van der Waals surface area contributed by atoms with Crippen LogP contribution in [-0.4, -0.2) is 16.3 Å². The van der Waals surface area contributed by atoms with E-state index in [1.165, 1.54) is 12.1 Å². The van der Waals surface area contributed by atoms with Crippen LogP contribution in [-0.2, 0) is 11.5 Å². The van der Waals surface area contributed by atoms with E-state index in [0.717, 1.165) is 6.07 Å². The van der Waals surface area contributed by atoms with Crippen molar-refractivity contribution in [3.05, 3.63) is 35.1 Å². The summed E-state index contributed by atoms with van der Waals surface area (Å²) in [4.78, 5) is 0. The number of aliphatic hydroxyl groups is 2. The maximum Gasteiger partial charge on any atom is 0.279 e. The molecule has 1 aromatic carbocycles. The lowest BCUT2D eigenvalue weighted by molar-refractivity contribution is -0.171. The van der Waals surface area contributed by atoms with Crippen molar-refractivity contribution in [2.75, 3.05) is 0 Å². The zero-order valence-electron chi connectivity index (χ0n) is 10.1. The number of hydrogen-bond acceptors (Lipinski definition) is 2. The fraction of sp³-hybridized carbons (Fsp3) is 0.538. The van der Waals surface area contributed by atoms with Crippen LogP contribution in [0.15, 0.2) is 18.2 Å². The second-order valence-electron chi connectivity index (χ2n) is 5.07. The second kappa shape index (κ2) is 3.96. The van der Waals surface area contributed by atoms with Gasteiger partial charge < -0.3 is 10.2 Å². The standard InChI is InChI=1S/C13H15F3O2/c1-7(2)13(18)8-4-3-5-9(14)11(8)12(15,16)6-10(13)17/h3-5,7,10,17-18H,6H2,1-2H3. The molecule has 0 saturated heterocycles. The van der Waals surface area contributed by atoms with E-state index >= 15 is 0 Å². The van der Waals surface area contributed by atoms with E-state index in [9.17, 15) is 23.4 Å². The Balaban J connectivity index is 2.75. The number of rotatable bonds is 1. The van der Waals surface area contributed by atoms with E-state index in [-0.39, 0.29) is 5.56 Å². The molecule has 18 heavy (non-hydrogen) atoms. The molecule has 0 radical (unpaired) electrons. The third-order valence-corrected chi connectivity index (χ3v) is 3.65. The monoisotopic (exact) mass is 260 g/mol. The Hall–Kier alpha value is -1.07. The van der Waals surface area contributed by atoms with Gasteiger partial charge in [-0.2, -0.15) is 0 Å². The van der Waals surface area contributed by atoms with Gasteiger partial charge >= 0.3 is 0 Å². The van der Waals surface area contributed by atoms with Gasteiger partial charge in [0.05, 0.1) is 11.7 Å². The van der Waals surface area contributed by atoms with Crippen molar-refractivity contribution in [2.45, 2.75) is 37.9 Å². The summed E-state index contributed by atoms with van der Waals surface area (Å²) in [6.45, 7) is 3.20. The van der Waals surface area contributed by atoms with Crippen LogP contribution < -0.4 is 0 Å². The molecule has 0 bridgehead atoms. The number of aliphatic hydroxyl groups excluding tert-OH is 1. The van der Waals surface area contributed by atoms with Crippen molar-refractivity contribution in [1.82, 2.24) is 0 Å². The van der Waals surface area contributed by atoms with Crippen LogP contribution in [0.1, 0.15) is 31.4 Å². The van der Waals surface area contributed by atoms with E-state index in [4.69, 9.17) is 0 Å². The van der Waals surface area contributed by atoms with Crippen molar-refractivity contribution >= 4 is 0 Å². The predicted octanol–water partition coefficient (Wildman–Crippen LogP) is 2.53. The highest BCUT2D eigenvalue weighted by atomic mass is 19.3. The van der Waals surface area contributed by atoms with Crippen LogP contribution in [0, 0.1) is 11.7 Å². The minimum atomic E-state index is -3.47. The van der Waals surface area contributed by atoms with Crippen molar-refractivity contribution in [3.63, 3.8) is 0 Å². The maximum atomic E-state index is 13.8. The highest BCUT2D eigenvalue weighted by molar-refractivity contribution is 5.41. The van der Waals surface area contributed by atoms with Gasteiger partial charge in [-0.05, 0) is 17.5 Å². The molecule has 2 nitrogen and oxygen atoms in total. The highest BCUT2D eigenvalue weighted by Crippen LogP contribution is 2.50. The number of alkyl halides is 2. The fourth-order valence-electron chi connectivity index (χ4n) is 2.61. The third-order valence-electron chi connectivity index (χ3n) is 3.65. The Labute approximate surface area is 103 Å². The van der Waals surface area contributed by atoms with Gasteiger partial charge in [-0.1, -0.05) is 26.0 Å². The average Bonchev–Trinajstić information content (AvgIpc) is 2.24. The number of fused-ring (bicyclic) bond motifs is 1. The molecule has 0 amide bonds. The maximum absolute atomic E-state index is 13.8. The Morgan fingerprint density at radius 1 is 1.33 bits per heavy atom. The van der Waals surface area contributed by atoms with E-state index in [0.29, 0.717) is 0 Å². The summed E-state index contributed by atoms with van der Waals surface area (Å²) in [5.41, 5.74) is -2.87. The zero-order valence-corrected chi connectivity index (χ0v) is 10.1. The summed E-state index contributed by atoms with van der Waals surface area (Å²) < 4.78 is 41.2. The highest BCUT2D eigenvalue weighted by Gasteiger charge is 2.55. The fourth-order valence-corrected chi connectivity index (χ4v) is 2.61. The molecule has 5 heteroatoms. The molecule has 0 spiro atoms. The molecular formula is C13H15F3O2. The van der Waals surface area contributed by atoms with Crippen molar-refractivity contribution < 1.29 is 23.4 Å². The van der Waals surface area contributed by atoms with Gasteiger partial charge in [0.25, 0.3) is 5.92 Å². The predicted molar refractivity (Wildman–Crippen MR) is 59.7 cm³/mol. The summed E-state index contributed by atoms with van der Waals surface area (Å²) in [6.07, 6.45) is -2.60. The van der Waals surface area contributed by atoms with Crippen LogP contribution in [0.25, 0.3) is 0 Å². The van der Waals surface area contributed by atoms with Gasteiger partial charge in [-0.15, -0.1) is 0 Å². The SMILES string of the molecule is CC(C)C1(O)c2cccc(F)c2C(F)(F)CC1O. The van der Waals surface area contributed by atoms with E-state index in [1.807, 2.05) is 0 Å². The molecule has 0 heterocycles. The average molecular weight is 260 g/mol. The normalized spacial score (nSPS) is 30.3. The zero-order chi connectivity index (χ0) is 13.7. The topological polar surface area (TPSA) is 40.5 Å². The summed E-state index contributed by atoms with van der Waals surface area (Å²) in [5.74, 6) is -5.03. The molecule has 2 rings (SSSR count). The minimum Gasteiger partial charge on any atom is -0.389 e. The van der Waals surface area contributed by atoms with Gasteiger partial charge in [0.2, 0.25) is 0 Å². The molecule has 2 unspecified atom stereocenters. The lowest BCUT2D eigenvalue weighted by atomic mass is 9.69. The van der Waals surface area contributed by atoms with Gasteiger partial charge in [0, 0.05) is 6.42 Å². The van der Waals surface area contributed by atoms with Crippen molar-refractivity contribution in [2.24, 2.45) is 5.92 Å². The lowest BCUT2D eigenvalue weighted by Gasteiger charge is -2.44. The van der Waals surface area contributed by atoms with Crippen LogP contribution in [0.5, 0.6) is 0 Å². The number of benzene rings is 1. The first kappa shape index (κ1) is 13.4. The molecule has 0 saturated carbocycles. The first-order valence-corrected chi connectivity index (χ1v) is 5.79. The Morgan fingerprint density at radius 3 is 2.50 bits per heavy atom. The smallest absolute Gasteiger partial charge is 0.279 e. The van der Waals surface area contributed by atoms with Gasteiger partial charge in [-0.25, -0.2) is 13.2 Å². The Morgan fingerprint density at radius 2 is 1.94 bits per heavy atom. The first-order valence-electron chi connectivity index (χ1n) is 5.79. The van der Waals surface area contributed by atoms with Gasteiger partial charge in [-0.3, -0.25) is 0 Å². The van der Waals surface area contributed by atoms with Crippen LogP contribution >= 0.6 is 0 Å². The Kier molecular flexibility index (Phi) is 2.94. The lowest BCUT2D eigenvalue weighted by Crippen LogP contribution is -2.51. The quantitative estimate of drug-likeness (QED) is 0.814. The Bertz CT molecular complexity index is 473. The van der Waals surface area contributed by atoms with E-state index in [2.05, 4.69) is 0 Å². The molecule has 0 fully saturated rings. The summed E-state index contributed by atoms with van der Waals surface area (Å²) in [5, 5.41) is 20.3. The van der Waals surface area contributed by atoms with E-state index in [1.54, 1.807) is 13.8 Å². The molecule has 1 aliphatic rings. The molecule has 0 aromatic heterocycles. The molecule has 0 aliphatic heterocycles. The number of halogens is 3. The van der Waals surface area contributed by atoms with E-state index < -0.39 is 41.3 Å². The summed E-state index contributed by atoms with van der Waals surface area (Å²) in [6, 6.07) is 3.44. The molecule has 2 N–H and O–H groups in total. The molecular weight excluding hydrogens is 245 g/mol. The second-order valence-corrected chi connectivity index (χ2v) is 5.07. The van der Waals surface area contributed by atoms with Gasteiger partial charge in [0.15, 0.2) is 0 Å². The molecule has 1 aromatic rings. The van der Waals surface area contributed by atoms with Crippen molar-refractivity contribution in [1.29, 1.82) is 0 Å². The van der Waals surface area contributed by atoms with Crippen LogP contribution in [0.2, 0.25) is 0 Å². The van der Waals surface area contributed by atoms with Crippen molar-refractivity contribution in [3.8, 4) is 0 Å². The van der Waals surface area contributed by atoms with Gasteiger partial charge in [0.1, 0.15) is 11.4 Å². The third kappa shape index (κ3) is 1.65. The minimum absolute atomic E-state index is 0.221. The van der Waals surface area contributed by atoms with Crippen LogP contribution in [0.3, 0.4) is 0 Å². The first-order chi connectivity index (χ1) is 8.21. The molecule has 2 atom stereocenters. The number of hydrogen-bond donors (Lipinski definition) is 2.